The summed E-state index contributed by atoms with van der Waals surface area (Å²) in [6.45, 7) is 2.55. The van der Waals surface area contributed by atoms with E-state index in [1.54, 1.807) is 6.20 Å². The smallest absolute Gasteiger partial charge is 0.255 e. The second-order valence-electron chi connectivity index (χ2n) is 6.30. The standard InChI is InChI=1S/C19H18ClN3OS/c1-12-4-2-3-5-16(12)23-18(13-6-7-13)15(11-22-23)19(24)21-10-14-8-9-17(20)25-14/h2-5,8-9,11,13H,6-7,10H2,1H3,(H,21,24). The molecule has 25 heavy (non-hydrogen) atoms. The first-order valence-electron chi connectivity index (χ1n) is 8.30. The summed E-state index contributed by atoms with van der Waals surface area (Å²) in [6, 6.07) is 11.9. The molecule has 1 aliphatic rings. The minimum atomic E-state index is -0.0775. The predicted molar refractivity (Wildman–Crippen MR) is 101 cm³/mol. The summed E-state index contributed by atoms with van der Waals surface area (Å²) in [6.07, 6.45) is 3.91. The lowest BCUT2D eigenvalue weighted by Gasteiger charge is -2.11. The lowest BCUT2D eigenvalue weighted by molar-refractivity contribution is 0.0950. The van der Waals surface area contributed by atoms with Crippen molar-refractivity contribution in [3.8, 4) is 5.69 Å². The summed E-state index contributed by atoms with van der Waals surface area (Å²) in [7, 11) is 0. The predicted octanol–water partition coefficient (Wildman–Crippen LogP) is 4.70. The Morgan fingerprint density at radius 3 is 2.80 bits per heavy atom. The van der Waals surface area contributed by atoms with E-state index < -0.39 is 0 Å². The molecular formula is C19H18ClN3OS. The molecule has 0 saturated heterocycles. The van der Waals surface area contributed by atoms with E-state index in [-0.39, 0.29) is 5.91 Å². The molecule has 1 N–H and O–H groups in total. The van der Waals surface area contributed by atoms with Crippen molar-refractivity contribution in [3.63, 3.8) is 0 Å². The van der Waals surface area contributed by atoms with Gasteiger partial charge in [0, 0.05) is 10.8 Å². The Hall–Kier alpha value is -2.11. The van der Waals surface area contributed by atoms with Crippen LogP contribution in [0.1, 0.15) is 45.3 Å². The zero-order chi connectivity index (χ0) is 17.4. The summed E-state index contributed by atoms with van der Waals surface area (Å²) in [5.74, 6) is 0.338. The maximum Gasteiger partial charge on any atom is 0.255 e. The van der Waals surface area contributed by atoms with Gasteiger partial charge >= 0.3 is 0 Å². The molecule has 2 heterocycles. The average Bonchev–Trinajstić information content (AvgIpc) is 3.21. The van der Waals surface area contributed by atoms with Crippen molar-refractivity contribution in [2.45, 2.75) is 32.2 Å². The number of carbonyl (C=O) groups is 1. The van der Waals surface area contributed by atoms with Gasteiger partial charge in [0.25, 0.3) is 5.91 Å². The van der Waals surface area contributed by atoms with Crippen molar-refractivity contribution in [1.82, 2.24) is 15.1 Å². The van der Waals surface area contributed by atoms with E-state index in [0.29, 0.717) is 18.0 Å². The van der Waals surface area contributed by atoms with Crippen molar-refractivity contribution in [2.75, 3.05) is 0 Å². The highest BCUT2D eigenvalue weighted by Crippen LogP contribution is 2.42. The van der Waals surface area contributed by atoms with Crippen molar-refractivity contribution in [2.24, 2.45) is 0 Å². The number of hydrogen-bond acceptors (Lipinski definition) is 3. The number of halogens is 1. The normalized spacial score (nSPS) is 13.8. The van der Waals surface area contributed by atoms with Gasteiger partial charge in [0.2, 0.25) is 0 Å². The Kier molecular flexibility index (Phi) is 4.36. The molecule has 3 aromatic rings. The highest BCUT2D eigenvalue weighted by atomic mass is 35.5. The zero-order valence-electron chi connectivity index (χ0n) is 13.8. The molecule has 4 nitrogen and oxygen atoms in total. The lowest BCUT2D eigenvalue weighted by Crippen LogP contribution is -2.23. The molecule has 128 valence electrons. The third-order valence-corrected chi connectivity index (χ3v) is 5.64. The zero-order valence-corrected chi connectivity index (χ0v) is 15.4. The molecule has 1 aromatic carbocycles. The van der Waals surface area contributed by atoms with Crippen LogP contribution in [-0.2, 0) is 6.54 Å². The number of nitrogens with one attached hydrogen (secondary N) is 1. The summed E-state index contributed by atoms with van der Waals surface area (Å²) < 4.78 is 2.67. The molecule has 0 atom stereocenters. The van der Waals surface area contributed by atoms with Gasteiger partial charge in [-0.3, -0.25) is 4.79 Å². The summed E-state index contributed by atoms with van der Waals surface area (Å²) >= 11 is 7.43. The van der Waals surface area contributed by atoms with Gasteiger partial charge in [-0.2, -0.15) is 5.10 Å². The first kappa shape index (κ1) is 16.4. The molecule has 1 amide bonds. The van der Waals surface area contributed by atoms with Crippen molar-refractivity contribution < 1.29 is 4.79 Å². The van der Waals surface area contributed by atoms with E-state index in [1.807, 2.05) is 35.0 Å². The van der Waals surface area contributed by atoms with Crippen LogP contribution in [0.25, 0.3) is 5.69 Å². The Labute approximate surface area is 155 Å². The maximum absolute atomic E-state index is 12.7. The number of hydrogen-bond donors (Lipinski definition) is 1. The Morgan fingerprint density at radius 2 is 2.12 bits per heavy atom. The second kappa shape index (κ2) is 6.65. The van der Waals surface area contributed by atoms with E-state index in [9.17, 15) is 4.79 Å². The average molecular weight is 372 g/mol. The van der Waals surface area contributed by atoms with Crippen LogP contribution in [0, 0.1) is 6.92 Å². The molecule has 1 aliphatic carbocycles. The van der Waals surface area contributed by atoms with E-state index in [4.69, 9.17) is 11.6 Å². The quantitative estimate of drug-likeness (QED) is 0.706. The van der Waals surface area contributed by atoms with Crippen LogP contribution in [0.15, 0.2) is 42.6 Å². The minimum Gasteiger partial charge on any atom is -0.347 e. The van der Waals surface area contributed by atoms with Crippen molar-refractivity contribution in [1.29, 1.82) is 0 Å². The highest BCUT2D eigenvalue weighted by molar-refractivity contribution is 7.16. The first-order chi connectivity index (χ1) is 12.1. The van der Waals surface area contributed by atoms with Gasteiger partial charge in [-0.15, -0.1) is 11.3 Å². The molecule has 4 rings (SSSR count). The number of amides is 1. The van der Waals surface area contributed by atoms with Crippen LogP contribution >= 0.6 is 22.9 Å². The number of aromatic nitrogens is 2. The Balaban J connectivity index is 1.62. The van der Waals surface area contributed by atoms with Gasteiger partial charge in [0.15, 0.2) is 0 Å². The fourth-order valence-corrected chi connectivity index (χ4v) is 4.01. The van der Waals surface area contributed by atoms with Crippen LogP contribution < -0.4 is 5.32 Å². The van der Waals surface area contributed by atoms with Gasteiger partial charge in [-0.1, -0.05) is 29.8 Å². The lowest BCUT2D eigenvalue weighted by atomic mass is 10.1. The van der Waals surface area contributed by atoms with Crippen molar-refractivity contribution in [3.05, 3.63) is 68.6 Å². The molecule has 0 spiro atoms. The number of thiophene rings is 1. The third kappa shape index (κ3) is 3.34. The maximum atomic E-state index is 12.7. The first-order valence-corrected chi connectivity index (χ1v) is 9.49. The molecule has 6 heteroatoms. The van der Waals surface area contributed by atoms with E-state index in [0.717, 1.165) is 39.0 Å². The monoisotopic (exact) mass is 371 g/mol. The van der Waals surface area contributed by atoms with Crippen LogP contribution in [0.3, 0.4) is 0 Å². The molecule has 2 aromatic heterocycles. The number of aryl methyl sites for hydroxylation is 1. The highest BCUT2D eigenvalue weighted by Gasteiger charge is 2.33. The molecular weight excluding hydrogens is 354 g/mol. The summed E-state index contributed by atoms with van der Waals surface area (Å²) in [5.41, 5.74) is 3.88. The van der Waals surface area contributed by atoms with Crippen LogP contribution in [0.2, 0.25) is 4.34 Å². The minimum absolute atomic E-state index is 0.0775. The Bertz CT molecular complexity index is 926. The fourth-order valence-electron chi connectivity index (χ4n) is 2.98. The largest absolute Gasteiger partial charge is 0.347 e. The topological polar surface area (TPSA) is 46.9 Å². The Morgan fingerprint density at radius 1 is 1.32 bits per heavy atom. The number of rotatable bonds is 5. The van der Waals surface area contributed by atoms with E-state index in [2.05, 4.69) is 23.4 Å². The molecule has 1 fully saturated rings. The van der Waals surface area contributed by atoms with Crippen LogP contribution in [0.4, 0.5) is 0 Å². The number of para-hydroxylation sites is 1. The van der Waals surface area contributed by atoms with E-state index >= 15 is 0 Å². The van der Waals surface area contributed by atoms with Crippen molar-refractivity contribution >= 4 is 28.8 Å². The molecule has 0 radical (unpaired) electrons. The summed E-state index contributed by atoms with van der Waals surface area (Å²) in [5, 5.41) is 7.52. The second-order valence-corrected chi connectivity index (χ2v) is 8.10. The van der Waals surface area contributed by atoms with Crippen LogP contribution in [-0.4, -0.2) is 15.7 Å². The van der Waals surface area contributed by atoms with Gasteiger partial charge in [0.05, 0.1) is 34.0 Å². The van der Waals surface area contributed by atoms with Gasteiger partial charge in [-0.25, -0.2) is 4.68 Å². The van der Waals surface area contributed by atoms with Gasteiger partial charge in [0.1, 0.15) is 0 Å². The molecule has 0 unspecified atom stereocenters. The SMILES string of the molecule is Cc1ccccc1-n1ncc(C(=O)NCc2ccc(Cl)s2)c1C1CC1. The molecule has 0 aliphatic heterocycles. The third-order valence-electron chi connectivity index (χ3n) is 4.41. The molecule has 0 bridgehead atoms. The molecule has 1 saturated carbocycles. The summed E-state index contributed by atoms with van der Waals surface area (Å²) in [4.78, 5) is 13.8. The van der Waals surface area contributed by atoms with Gasteiger partial charge < -0.3 is 5.32 Å². The number of benzene rings is 1. The van der Waals surface area contributed by atoms with Gasteiger partial charge in [-0.05, 0) is 43.5 Å². The number of carbonyl (C=O) groups excluding carboxylic acids is 1. The van der Waals surface area contributed by atoms with Crippen LogP contribution in [0.5, 0.6) is 0 Å². The number of nitrogens with zero attached hydrogens (tertiary/aromatic N) is 2. The van der Waals surface area contributed by atoms with E-state index in [1.165, 1.54) is 11.3 Å². The fraction of sp³-hybridized carbons (Fsp3) is 0.263.